The number of para-hydroxylation sites is 2. The van der Waals surface area contributed by atoms with E-state index in [0.29, 0.717) is 19.5 Å². The number of carbonyl (C=O) groups excluding carboxylic acids is 1. The normalized spacial score (nSPS) is 19.2. The molecule has 1 aliphatic heterocycles. The smallest absolute Gasteiger partial charge is 0.303 e. The van der Waals surface area contributed by atoms with Gasteiger partial charge in [-0.2, -0.15) is 0 Å². The number of carbonyl (C=O) groups is 2. The third-order valence-electron chi connectivity index (χ3n) is 6.85. The zero-order valence-corrected chi connectivity index (χ0v) is 21.4. The summed E-state index contributed by atoms with van der Waals surface area (Å²) < 4.78 is 15.0. The van der Waals surface area contributed by atoms with Crippen molar-refractivity contribution in [1.29, 1.82) is 0 Å². The number of fused-ring (bicyclic) bond motifs is 1. The molecule has 1 aliphatic rings. The van der Waals surface area contributed by atoms with Crippen LogP contribution in [-0.4, -0.2) is 37.7 Å². The number of aliphatic carboxylic acids is 1. The van der Waals surface area contributed by atoms with Crippen molar-refractivity contribution in [3.63, 3.8) is 0 Å². The number of benzene rings is 3. The molecule has 3 aromatic carbocycles. The summed E-state index contributed by atoms with van der Waals surface area (Å²) in [6.45, 7) is 0.910. The molecular weight excluding hydrogens is 498 g/mol. The van der Waals surface area contributed by atoms with Crippen molar-refractivity contribution >= 4 is 22.9 Å². The van der Waals surface area contributed by atoms with E-state index in [1.807, 2.05) is 79.1 Å². The second-order valence-corrected chi connectivity index (χ2v) is 9.65. The average Bonchev–Trinajstić information content (AvgIpc) is 3.37. The molecule has 0 radical (unpaired) electrons. The van der Waals surface area contributed by atoms with E-state index in [1.54, 1.807) is 0 Å². The Morgan fingerprint density at radius 2 is 1.64 bits per heavy atom. The predicted octanol–water partition coefficient (Wildman–Crippen LogP) is 4.26. The number of carboxylic acid groups (broad SMARTS) is 1. The van der Waals surface area contributed by atoms with Crippen molar-refractivity contribution in [3.05, 3.63) is 101 Å². The van der Waals surface area contributed by atoms with E-state index >= 15 is 0 Å². The van der Waals surface area contributed by atoms with Gasteiger partial charge in [0.25, 0.3) is 0 Å². The van der Waals surface area contributed by atoms with Crippen LogP contribution in [0.25, 0.3) is 11.0 Å². The number of aliphatic hydroxyl groups is 1. The van der Waals surface area contributed by atoms with Crippen molar-refractivity contribution in [2.45, 2.75) is 57.5 Å². The topological polar surface area (TPSA) is 123 Å². The van der Waals surface area contributed by atoms with Gasteiger partial charge in [-0.3, -0.25) is 9.59 Å². The maximum Gasteiger partial charge on any atom is 0.303 e. The SMILES string of the molecule is O=C(O)CCC(=O)NCc1ccc([C@H]2O[C@@H](Cn3cnc4ccccc43)C[C@@H](c3ccc(CO)cc3)O2)cc1. The van der Waals surface area contributed by atoms with E-state index < -0.39 is 12.3 Å². The molecule has 0 aliphatic carbocycles. The quantitative estimate of drug-likeness (QED) is 0.281. The van der Waals surface area contributed by atoms with Crippen LogP contribution in [0.5, 0.6) is 0 Å². The van der Waals surface area contributed by atoms with Crippen molar-refractivity contribution in [3.8, 4) is 0 Å². The number of hydrogen-bond acceptors (Lipinski definition) is 6. The molecule has 0 bridgehead atoms. The molecule has 0 unspecified atom stereocenters. The first kappa shape index (κ1) is 26.6. The molecule has 202 valence electrons. The lowest BCUT2D eigenvalue weighted by Gasteiger charge is -2.36. The van der Waals surface area contributed by atoms with E-state index in [0.717, 1.165) is 33.3 Å². The summed E-state index contributed by atoms with van der Waals surface area (Å²) >= 11 is 0. The highest BCUT2D eigenvalue weighted by Crippen LogP contribution is 2.38. The molecular formula is C30H31N3O6. The van der Waals surface area contributed by atoms with Gasteiger partial charge in [-0.1, -0.05) is 60.7 Å². The average molecular weight is 530 g/mol. The molecule has 3 atom stereocenters. The number of rotatable bonds is 10. The molecule has 5 rings (SSSR count). The number of imidazole rings is 1. The largest absolute Gasteiger partial charge is 0.481 e. The van der Waals surface area contributed by atoms with Crippen LogP contribution >= 0.6 is 0 Å². The Balaban J connectivity index is 1.31. The van der Waals surface area contributed by atoms with Gasteiger partial charge in [-0.05, 0) is 28.8 Å². The van der Waals surface area contributed by atoms with Crippen LogP contribution in [0.4, 0.5) is 0 Å². The van der Waals surface area contributed by atoms with Gasteiger partial charge in [0.15, 0.2) is 6.29 Å². The summed E-state index contributed by atoms with van der Waals surface area (Å²) in [6.07, 6.45) is 1.30. The van der Waals surface area contributed by atoms with E-state index in [1.165, 1.54) is 0 Å². The zero-order valence-electron chi connectivity index (χ0n) is 21.4. The summed E-state index contributed by atoms with van der Waals surface area (Å²) in [6, 6.07) is 23.4. The molecule has 3 N–H and O–H groups in total. The minimum absolute atomic E-state index is 0.0137. The summed E-state index contributed by atoms with van der Waals surface area (Å²) in [5, 5.41) is 20.9. The highest BCUT2D eigenvalue weighted by atomic mass is 16.7. The molecule has 0 spiro atoms. The lowest BCUT2D eigenvalue weighted by atomic mass is 9.99. The second kappa shape index (κ2) is 12.2. The highest BCUT2D eigenvalue weighted by molar-refractivity contribution is 5.80. The summed E-state index contributed by atoms with van der Waals surface area (Å²) in [4.78, 5) is 27.0. The molecule has 1 saturated heterocycles. The molecule has 1 amide bonds. The lowest BCUT2D eigenvalue weighted by Crippen LogP contribution is -2.32. The van der Waals surface area contributed by atoms with Crippen LogP contribution < -0.4 is 5.32 Å². The number of nitrogens with zero attached hydrogens (tertiary/aromatic N) is 2. The maximum atomic E-state index is 11.9. The van der Waals surface area contributed by atoms with E-state index in [9.17, 15) is 14.7 Å². The van der Waals surface area contributed by atoms with Gasteiger partial charge in [0, 0.05) is 24.9 Å². The third-order valence-corrected chi connectivity index (χ3v) is 6.85. The fourth-order valence-electron chi connectivity index (χ4n) is 4.71. The van der Waals surface area contributed by atoms with E-state index in [4.69, 9.17) is 14.6 Å². The number of aromatic nitrogens is 2. The standard InChI is InChI=1S/C30H31N3O6/c34-18-21-7-9-22(10-8-21)27-15-24(17-33-19-32-25-3-1-2-4-26(25)33)38-30(39-27)23-11-5-20(6-12-23)16-31-28(35)13-14-29(36)37/h1-12,19,24,27,30,34H,13-18H2,(H,31,35)(H,36,37)/t24-,27+,30+/m1/s1. The molecule has 0 saturated carbocycles. The highest BCUT2D eigenvalue weighted by Gasteiger charge is 2.32. The van der Waals surface area contributed by atoms with Gasteiger partial charge in [-0.25, -0.2) is 4.98 Å². The summed E-state index contributed by atoms with van der Waals surface area (Å²) in [5.41, 5.74) is 5.57. The molecule has 1 aromatic heterocycles. The van der Waals surface area contributed by atoms with Crippen LogP contribution in [0.2, 0.25) is 0 Å². The van der Waals surface area contributed by atoms with E-state index in [2.05, 4.69) is 14.9 Å². The van der Waals surface area contributed by atoms with Gasteiger partial charge in [0.05, 0.1) is 49.1 Å². The number of hydrogen-bond donors (Lipinski definition) is 3. The molecule has 2 heterocycles. The first-order valence-electron chi connectivity index (χ1n) is 13.0. The molecule has 4 aromatic rings. The Morgan fingerprint density at radius 1 is 0.923 bits per heavy atom. The Morgan fingerprint density at radius 3 is 2.38 bits per heavy atom. The number of nitrogens with one attached hydrogen (secondary N) is 1. The number of ether oxygens (including phenoxy) is 2. The van der Waals surface area contributed by atoms with Gasteiger partial charge in [-0.15, -0.1) is 0 Å². The Labute approximate surface area is 226 Å². The number of amides is 1. The van der Waals surface area contributed by atoms with Crippen LogP contribution in [-0.2, 0) is 38.8 Å². The Kier molecular flexibility index (Phi) is 8.31. The van der Waals surface area contributed by atoms with Gasteiger partial charge < -0.3 is 29.6 Å². The van der Waals surface area contributed by atoms with Crippen molar-refractivity contribution in [1.82, 2.24) is 14.9 Å². The van der Waals surface area contributed by atoms with Gasteiger partial charge >= 0.3 is 5.97 Å². The minimum atomic E-state index is -0.996. The monoisotopic (exact) mass is 529 g/mol. The second-order valence-electron chi connectivity index (χ2n) is 9.65. The Hall–Kier alpha value is -4.05. The predicted molar refractivity (Wildman–Crippen MR) is 143 cm³/mol. The number of aliphatic hydroxyl groups excluding tert-OH is 1. The molecule has 9 heteroatoms. The van der Waals surface area contributed by atoms with Crippen molar-refractivity contribution < 1.29 is 29.3 Å². The van der Waals surface area contributed by atoms with Gasteiger partial charge in [0.1, 0.15) is 0 Å². The van der Waals surface area contributed by atoms with E-state index in [-0.39, 0.29) is 37.6 Å². The lowest BCUT2D eigenvalue weighted by molar-refractivity contribution is -0.252. The number of carboxylic acids is 1. The first-order valence-corrected chi connectivity index (χ1v) is 13.0. The third kappa shape index (κ3) is 6.69. The summed E-state index contributed by atoms with van der Waals surface area (Å²) in [7, 11) is 0. The van der Waals surface area contributed by atoms with Crippen LogP contribution in [0.3, 0.4) is 0 Å². The van der Waals surface area contributed by atoms with Crippen molar-refractivity contribution in [2.24, 2.45) is 0 Å². The van der Waals surface area contributed by atoms with Crippen LogP contribution in [0.15, 0.2) is 79.1 Å². The van der Waals surface area contributed by atoms with Crippen molar-refractivity contribution in [2.75, 3.05) is 0 Å². The fourth-order valence-corrected chi connectivity index (χ4v) is 4.71. The molecule has 1 fully saturated rings. The van der Waals surface area contributed by atoms with Gasteiger partial charge in [0.2, 0.25) is 5.91 Å². The summed E-state index contributed by atoms with van der Waals surface area (Å²) in [5.74, 6) is -1.30. The Bertz CT molecular complexity index is 1420. The maximum absolute atomic E-state index is 11.9. The molecule has 9 nitrogen and oxygen atoms in total. The van der Waals surface area contributed by atoms with Crippen LogP contribution in [0, 0.1) is 0 Å². The zero-order chi connectivity index (χ0) is 27.2. The fraction of sp³-hybridized carbons (Fsp3) is 0.300. The molecule has 39 heavy (non-hydrogen) atoms. The first-order chi connectivity index (χ1) is 19.0. The van der Waals surface area contributed by atoms with Crippen LogP contribution in [0.1, 0.15) is 53.9 Å². The minimum Gasteiger partial charge on any atom is -0.481 e.